The molecule has 0 spiro atoms. The standard InChI is InChI=1S/C25H25N5O2S.CH2O2/c1-26-23(31)17-4-2-15(3-5-17)20-14-30-21-7-6-18(12-22(21)33-25(30)28-20)24(32)27-19-13-29-10-8-16(19)9-11-29;2-1-3/h2-7,12,14,16,19H,8-11,13H2,1H3,(H,26,31)(H,27,32);1H,(H,2,3)/t19-;/m1./s1. The van der Waals surface area contributed by atoms with Crippen molar-refractivity contribution < 1.29 is 19.5 Å². The van der Waals surface area contributed by atoms with Crippen molar-refractivity contribution in [2.75, 3.05) is 26.7 Å². The number of carbonyl (C=O) groups excluding carboxylic acids is 2. The van der Waals surface area contributed by atoms with Gasteiger partial charge in [-0.25, -0.2) is 4.98 Å². The Morgan fingerprint density at radius 3 is 2.42 bits per heavy atom. The first-order valence-corrected chi connectivity index (χ1v) is 12.7. The van der Waals surface area contributed by atoms with Gasteiger partial charge in [0.1, 0.15) is 0 Å². The maximum atomic E-state index is 12.9. The lowest BCUT2D eigenvalue weighted by Gasteiger charge is -2.44. The van der Waals surface area contributed by atoms with Crippen molar-refractivity contribution in [1.29, 1.82) is 0 Å². The van der Waals surface area contributed by atoms with Crippen molar-refractivity contribution in [3.05, 3.63) is 59.8 Å². The third kappa shape index (κ3) is 4.57. The van der Waals surface area contributed by atoms with Crippen LogP contribution in [0.25, 0.3) is 26.4 Å². The lowest BCUT2D eigenvalue weighted by molar-refractivity contribution is -0.122. The zero-order valence-electron chi connectivity index (χ0n) is 19.8. The Labute approximate surface area is 211 Å². The second-order valence-electron chi connectivity index (χ2n) is 9.04. The molecule has 10 heteroatoms. The summed E-state index contributed by atoms with van der Waals surface area (Å²) in [5.41, 5.74) is 4.18. The fraction of sp³-hybridized carbons (Fsp3) is 0.308. The molecule has 3 N–H and O–H groups in total. The summed E-state index contributed by atoms with van der Waals surface area (Å²) in [6.07, 6.45) is 4.38. The van der Waals surface area contributed by atoms with Gasteiger partial charge in [0.15, 0.2) is 4.96 Å². The van der Waals surface area contributed by atoms with E-state index in [0.29, 0.717) is 17.0 Å². The molecule has 5 heterocycles. The number of nitrogens with zero attached hydrogens (tertiary/aromatic N) is 3. The van der Waals surface area contributed by atoms with Gasteiger partial charge < -0.3 is 20.6 Å². The van der Waals surface area contributed by atoms with Crippen LogP contribution in [0.5, 0.6) is 0 Å². The molecular weight excluding hydrogens is 478 g/mol. The Bertz CT molecular complexity index is 1420. The number of carbonyl (C=O) groups is 3. The molecule has 3 saturated heterocycles. The Kier molecular flexibility index (Phi) is 6.71. The molecule has 1 atom stereocenters. The average molecular weight is 506 g/mol. The number of amides is 2. The summed E-state index contributed by atoms with van der Waals surface area (Å²) in [5, 5.41) is 12.8. The normalized spacial score (nSPS) is 20.5. The van der Waals surface area contributed by atoms with E-state index < -0.39 is 0 Å². The number of hydrogen-bond acceptors (Lipinski definition) is 6. The number of thiazole rings is 1. The zero-order valence-corrected chi connectivity index (χ0v) is 20.6. The molecule has 36 heavy (non-hydrogen) atoms. The molecule has 2 bridgehead atoms. The number of fused-ring (bicyclic) bond motifs is 6. The van der Waals surface area contributed by atoms with E-state index in [2.05, 4.69) is 19.9 Å². The second kappa shape index (κ2) is 10.1. The number of aromatic nitrogens is 2. The lowest BCUT2D eigenvalue weighted by atomic mass is 9.84. The zero-order chi connectivity index (χ0) is 25.2. The number of hydrogen-bond donors (Lipinski definition) is 3. The maximum absolute atomic E-state index is 12.9. The molecule has 7 rings (SSSR count). The number of benzene rings is 2. The number of imidazole rings is 1. The van der Waals surface area contributed by atoms with Crippen molar-refractivity contribution >= 4 is 44.8 Å². The second-order valence-corrected chi connectivity index (χ2v) is 10.1. The fourth-order valence-electron chi connectivity index (χ4n) is 5.10. The predicted molar refractivity (Wildman–Crippen MR) is 139 cm³/mol. The van der Waals surface area contributed by atoms with Gasteiger partial charge in [-0.3, -0.25) is 18.8 Å². The third-order valence-electron chi connectivity index (χ3n) is 7.00. The molecule has 2 amide bonds. The highest BCUT2D eigenvalue weighted by atomic mass is 32.1. The van der Waals surface area contributed by atoms with E-state index in [1.54, 1.807) is 30.5 Å². The monoisotopic (exact) mass is 505 g/mol. The summed E-state index contributed by atoms with van der Waals surface area (Å²) in [6, 6.07) is 13.6. The average Bonchev–Trinajstić information content (AvgIpc) is 3.47. The maximum Gasteiger partial charge on any atom is 0.290 e. The molecule has 0 saturated carbocycles. The van der Waals surface area contributed by atoms with Crippen LogP contribution >= 0.6 is 11.3 Å². The first kappa shape index (κ1) is 24.0. The Hall–Kier alpha value is -3.76. The van der Waals surface area contributed by atoms with Gasteiger partial charge in [-0.05, 0) is 62.2 Å². The highest BCUT2D eigenvalue weighted by molar-refractivity contribution is 7.23. The van der Waals surface area contributed by atoms with Crippen LogP contribution in [-0.4, -0.2) is 70.4 Å². The summed E-state index contributed by atoms with van der Waals surface area (Å²) < 4.78 is 3.11. The van der Waals surface area contributed by atoms with Crippen LogP contribution in [0.4, 0.5) is 0 Å². The lowest BCUT2D eigenvalue weighted by Crippen LogP contribution is -2.57. The molecule has 3 aliphatic heterocycles. The van der Waals surface area contributed by atoms with Crippen molar-refractivity contribution in [2.24, 2.45) is 5.92 Å². The van der Waals surface area contributed by atoms with Gasteiger partial charge in [-0.15, -0.1) is 0 Å². The molecule has 4 aromatic rings. The van der Waals surface area contributed by atoms with Crippen LogP contribution in [0.3, 0.4) is 0 Å². The highest BCUT2D eigenvalue weighted by Gasteiger charge is 2.35. The van der Waals surface area contributed by atoms with Crippen LogP contribution in [0, 0.1) is 5.92 Å². The summed E-state index contributed by atoms with van der Waals surface area (Å²) in [5.74, 6) is 0.516. The van der Waals surface area contributed by atoms with E-state index in [0.717, 1.165) is 46.1 Å². The number of rotatable bonds is 4. The van der Waals surface area contributed by atoms with Gasteiger partial charge in [-0.2, -0.15) is 0 Å². The topological polar surface area (TPSA) is 116 Å². The Balaban J connectivity index is 0.000000848. The van der Waals surface area contributed by atoms with Crippen molar-refractivity contribution in [3.8, 4) is 11.3 Å². The molecule has 0 aliphatic carbocycles. The fourth-order valence-corrected chi connectivity index (χ4v) is 6.15. The summed E-state index contributed by atoms with van der Waals surface area (Å²) in [4.78, 5) is 41.2. The highest BCUT2D eigenvalue weighted by Crippen LogP contribution is 2.31. The summed E-state index contributed by atoms with van der Waals surface area (Å²) >= 11 is 1.58. The molecule has 0 unspecified atom stereocenters. The van der Waals surface area contributed by atoms with Crippen LogP contribution in [0.2, 0.25) is 0 Å². The largest absolute Gasteiger partial charge is 0.483 e. The van der Waals surface area contributed by atoms with Gasteiger partial charge in [0.2, 0.25) is 0 Å². The molecule has 186 valence electrons. The van der Waals surface area contributed by atoms with E-state index in [9.17, 15) is 9.59 Å². The van der Waals surface area contributed by atoms with Crippen LogP contribution in [0.15, 0.2) is 48.7 Å². The van der Waals surface area contributed by atoms with Crippen LogP contribution in [-0.2, 0) is 4.79 Å². The first-order valence-electron chi connectivity index (χ1n) is 11.9. The molecular formula is C26H27N5O4S. The molecule has 2 aromatic heterocycles. The predicted octanol–water partition coefficient (Wildman–Crippen LogP) is 3.10. The van der Waals surface area contributed by atoms with Crippen molar-refractivity contribution in [1.82, 2.24) is 24.9 Å². The van der Waals surface area contributed by atoms with E-state index in [4.69, 9.17) is 14.9 Å². The van der Waals surface area contributed by atoms with E-state index in [1.165, 1.54) is 12.8 Å². The summed E-state index contributed by atoms with van der Waals surface area (Å²) in [7, 11) is 1.62. The van der Waals surface area contributed by atoms with Gasteiger partial charge in [0.25, 0.3) is 18.3 Å². The van der Waals surface area contributed by atoms with E-state index >= 15 is 0 Å². The minimum absolute atomic E-state index is 0.0126. The van der Waals surface area contributed by atoms with Gasteiger partial charge in [-0.1, -0.05) is 23.5 Å². The number of piperidine rings is 3. The molecule has 0 radical (unpaired) electrons. The van der Waals surface area contributed by atoms with Crippen molar-refractivity contribution in [3.63, 3.8) is 0 Å². The van der Waals surface area contributed by atoms with Crippen LogP contribution in [0.1, 0.15) is 33.6 Å². The van der Waals surface area contributed by atoms with Gasteiger partial charge >= 0.3 is 0 Å². The SMILES string of the molecule is CNC(=O)c1ccc(-c2cn3c(n2)sc2cc(C(=O)N[C@@H]4CN5CCC4CC5)ccc23)cc1.O=CO. The molecule has 9 nitrogen and oxygen atoms in total. The minimum Gasteiger partial charge on any atom is -0.483 e. The van der Waals surface area contributed by atoms with Crippen molar-refractivity contribution in [2.45, 2.75) is 18.9 Å². The van der Waals surface area contributed by atoms with Gasteiger partial charge in [0.05, 0.1) is 15.9 Å². The molecule has 3 aliphatic rings. The Morgan fingerprint density at radius 2 is 1.78 bits per heavy atom. The first-order chi connectivity index (χ1) is 17.5. The number of carboxylic acid groups (broad SMARTS) is 1. The molecule has 3 fully saturated rings. The Morgan fingerprint density at radius 1 is 1.08 bits per heavy atom. The van der Waals surface area contributed by atoms with E-state index in [-0.39, 0.29) is 24.3 Å². The van der Waals surface area contributed by atoms with Gasteiger partial charge in [0, 0.05) is 42.5 Å². The third-order valence-corrected chi connectivity index (χ3v) is 8.02. The smallest absolute Gasteiger partial charge is 0.290 e. The summed E-state index contributed by atoms with van der Waals surface area (Å²) in [6.45, 7) is 3.05. The van der Waals surface area contributed by atoms with Crippen LogP contribution < -0.4 is 10.6 Å². The number of nitrogens with one attached hydrogen (secondary N) is 2. The molecule has 2 aromatic carbocycles. The quantitative estimate of drug-likeness (QED) is 0.367. The minimum atomic E-state index is -0.250. The van der Waals surface area contributed by atoms with E-state index in [1.807, 2.05) is 36.5 Å².